The van der Waals surface area contributed by atoms with Gasteiger partial charge in [0.25, 0.3) is 5.91 Å². The van der Waals surface area contributed by atoms with Gasteiger partial charge in [0.2, 0.25) is 0 Å². The summed E-state index contributed by atoms with van der Waals surface area (Å²) in [5, 5.41) is 5.87. The zero-order valence-electron chi connectivity index (χ0n) is 12.1. The molecule has 7 heteroatoms. The molecule has 1 amide bonds. The molecule has 0 aromatic heterocycles. The highest BCUT2D eigenvalue weighted by Crippen LogP contribution is 2.10. The zero-order chi connectivity index (χ0) is 14.8. The number of aliphatic imine (C=N–C) groups is 1. The molecule has 1 aromatic carbocycles. The van der Waals surface area contributed by atoms with Crippen LogP contribution in [0.2, 0.25) is 0 Å². The number of hydrogen-bond donors (Lipinski definition) is 3. The van der Waals surface area contributed by atoms with Crippen LogP contribution >= 0.6 is 39.9 Å². The molecule has 0 unspecified atom stereocenters. The van der Waals surface area contributed by atoms with Crippen LogP contribution in [0.1, 0.15) is 30.1 Å². The van der Waals surface area contributed by atoms with E-state index in [9.17, 15) is 4.79 Å². The highest BCUT2D eigenvalue weighted by atomic mass is 127. The van der Waals surface area contributed by atoms with Crippen molar-refractivity contribution in [1.82, 2.24) is 10.6 Å². The van der Waals surface area contributed by atoms with Crippen LogP contribution in [-0.4, -0.2) is 31.5 Å². The van der Waals surface area contributed by atoms with Crippen LogP contribution in [-0.2, 0) is 0 Å². The smallest absolute Gasteiger partial charge is 0.251 e. The third-order valence-electron chi connectivity index (χ3n) is 2.56. The summed E-state index contributed by atoms with van der Waals surface area (Å²) in [6, 6.07) is 7.27. The van der Waals surface area contributed by atoms with E-state index in [-0.39, 0.29) is 29.9 Å². The van der Waals surface area contributed by atoms with Crippen molar-refractivity contribution >= 4 is 51.8 Å². The van der Waals surface area contributed by atoms with Gasteiger partial charge in [-0.15, -0.1) is 24.0 Å². The summed E-state index contributed by atoms with van der Waals surface area (Å²) < 4.78 is 0.958. The molecule has 0 bridgehead atoms. The van der Waals surface area contributed by atoms with Crippen LogP contribution in [0, 0.1) is 0 Å². The van der Waals surface area contributed by atoms with E-state index in [2.05, 4.69) is 38.5 Å². The summed E-state index contributed by atoms with van der Waals surface area (Å²) in [4.78, 5) is 15.9. The van der Waals surface area contributed by atoms with E-state index in [1.165, 1.54) is 0 Å². The van der Waals surface area contributed by atoms with Crippen LogP contribution in [0.5, 0.6) is 0 Å². The number of benzene rings is 1. The number of halogens is 2. The highest BCUT2D eigenvalue weighted by molar-refractivity contribution is 14.0. The lowest BCUT2D eigenvalue weighted by Crippen LogP contribution is -2.34. The quantitative estimate of drug-likeness (QED) is 0.249. The number of carbonyl (C=O) groups excluding carboxylic acids is 1. The highest BCUT2D eigenvalue weighted by Gasteiger charge is 2.03. The summed E-state index contributed by atoms with van der Waals surface area (Å²) in [6.07, 6.45) is 1.77. The van der Waals surface area contributed by atoms with Gasteiger partial charge in [-0.3, -0.25) is 9.79 Å². The number of amides is 1. The predicted octanol–water partition coefficient (Wildman–Crippen LogP) is 2.50. The van der Waals surface area contributed by atoms with E-state index in [0.29, 0.717) is 24.6 Å². The third kappa shape index (κ3) is 8.92. The Morgan fingerprint density at radius 3 is 2.48 bits per heavy atom. The SMILES string of the molecule is CCCN=C(N)NCCCNC(=O)c1ccc(Br)cc1.I. The average molecular weight is 469 g/mol. The largest absolute Gasteiger partial charge is 0.370 e. The lowest BCUT2D eigenvalue weighted by molar-refractivity contribution is 0.0953. The van der Waals surface area contributed by atoms with Gasteiger partial charge >= 0.3 is 0 Å². The monoisotopic (exact) mass is 468 g/mol. The minimum absolute atomic E-state index is 0. The summed E-state index contributed by atoms with van der Waals surface area (Å²) >= 11 is 3.34. The molecule has 0 aliphatic carbocycles. The molecule has 0 saturated carbocycles. The van der Waals surface area contributed by atoms with E-state index in [0.717, 1.165) is 23.9 Å². The average Bonchev–Trinajstić information content (AvgIpc) is 2.45. The molecule has 0 atom stereocenters. The maximum absolute atomic E-state index is 11.8. The standard InChI is InChI=1S/C14H21BrN4O.HI/c1-2-8-18-14(16)19-10-3-9-17-13(20)11-4-6-12(15)7-5-11;/h4-7H,2-3,8-10H2,1H3,(H,17,20)(H3,16,18,19);1H. The molecule has 0 radical (unpaired) electrons. The molecule has 1 rings (SSSR count). The predicted molar refractivity (Wildman–Crippen MR) is 101 cm³/mol. The lowest BCUT2D eigenvalue weighted by Gasteiger charge is -2.07. The first-order chi connectivity index (χ1) is 9.63. The van der Waals surface area contributed by atoms with Crippen molar-refractivity contribution in [2.45, 2.75) is 19.8 Å². The molecule has 0 aliphatic heterocycles. The Morgan fingerprint density at radius 2 is 1.86 bits per heavy atom. The second-order valence-electron chi connectivity index (χ2n) is 4.31. The van der Waals surface area contributed by atoms with Crippen molar-refractivity contribution in [3.63, 3.8) is 0 Å². The van der Waals surface area contributed by atoms with Gasteiger partial charge in [-0.25, -0.2) is 0 Å². The van der Waals surface area contributed by atoms with E-state index < -0.39 is 0 Å². The number of rotatable bonds is 7. The number of nitrogens with two attached hydrogens (primary N) is 1. The van der Waals surface area contributed by atoms with Crippen LogP contribution in [0.15, 0.2) is 33.7 Å². The van der Waals surface area contributed by atoms with E-state index in [4.69, 9.17) is 5.73 Å². The molecule has 21 heavy (non-hydrogen) atoms. The second kappa shape index (κ2) is 11.8. The fourth-order valence-electron chi connectivity index (χ4n) is 1.50. The second-order valence-corrected chi connectivity index (χ2v) is 5.23. The molecule has 5 nitrogen and oxygen atoms in total. The number of carbonyl (C=O) groups is 1. The van der Waals surface area contributed by atoms with Crippen molar-refractivity contribution in [3.05, 3.63) is 34.3 Å². The van der Waals surface area contributed by atoms with Crippen molar-refractivity contribution < 1.29 is 4.79 Å². The van der Waals surface area contributed by atoms with Crippen molar-refractivity contribution in [2.24, 2.45) is 10.7 Å². The summed E-state index contributed by atoms with van der Waals surface area (Å²) in [6.45, 7) is 4.08. The van der Waals surface area contributed by atoms with Crippen molar-refractivity contribution in [1.29, 1.82) is 0 Å². The first-order valence-electron chi connectivity index (χ1n) is 6.71. The van der Waals surface area contributed by atoms with Gasteiger partial charge in [0.1, 0.15) is 0 Å². The minimum Gasteiger partial charge on any atom is -0.370 e. The van der Waals surface area contributed by atoms with Crippen LogP contribution in [0.4, 0.5) is 0 Å². The van der Waals surface area contributed by atoms with Crippen LogP contribution in [0.25, 0.3) is 0 Å². The Labute approximate surface area is 151 Å². The molecule has 0 saturated heterocycles. The zero-order valence-corrected chi connectivity index (χ0v) is 16.0. The molecule has 0 aliphatic rings. The summed E-state index contributed by atoms with van der Waals surface area (Å²) in [5.74, 6) is 0.399. The van der Waals surface area contributed by atoms with Gasteiger partial charge in [-0.2, -0.15) is 0 Å². The fourth-order valence-corrected chi connectivity index (χ4v) is 1.76. The van der Waals surface area contributed by atoms with Gasteiger partial charge in [0.15, 0.2) is 5.96 Å². The minimum atomic E-state index is -0.0647. The van der Waals surface area contributed by atoms with Crippen LogP contribution in [0.3, 0.4) is 0 Å². The van der Waals surface area contributed by atoms with Crippen LogP contribution < -0.4 is 16.4 Å². The Morgan fingerprint density at radius 1 is 1.24 bits per heavy atom. The third-order valence-corrected chi connectivity index (χ3v) is 3.09. The topological polar surface area (TPSA) is 79.5 Å². The number of guanidine groups is 1. The molecule has 1 aromatic rings. The number of hydrogen-bond acceptors (Lipinski definition) is 2. The number of nitrogens with zero attached hydrogens (tertiary/aromatic N) is 1. The van der Waals surface area contributed by atoms with E-state index in [1.54, 1.807) is 12.1 Å². The molecular formula is C14H22BrIN4O. The fraction of sp³-hybridized carbons (Fsp3) is 0.429. The lowest BCUT2D eigenvalue weighted by atomic mass is 10.2. The Kier molecular flexibility index (Phi) is 11.3. The van der Waals surface area contributed by atoms with Gasteiger partial charge in [0.05, 0.1) is 0 Å². The van der Waals surface area contributed by atoms with E-state index in [1.807, 2.05) is 12.1 Å². The Bertz CT molecular complexity index is 451. The van der Waals surface area contributed by atoms with E-state index >= 15 is 0 Å². The molecular weight excluding hydrogens is 447 g/mol. The molecule has 0 fully saturated rings. The van der Waals surface area contributed by atoms with Gasteiger partial charge in [0, 0.05) is 29.7 Å². The Balaban J connectivity index is 0.00000400. The first-order valence-corrected chi connectivity index (χ1v) is 7.50. The summed E-state index contributed by atoms with van der Waals surface area (Å²) in [5.41, 5.74) is 6.31. The van der Waals surface area contributed by atoms with Gasteiger partial charge < -0.3 is 16.4 Å². The molecule has 4 N–H and O–H groups in total. The molecule has 0 heterocycles. The Hall–Kier alpha value is -0.830. The maximum atomic E-state index is 11.8. The first kappa shape index (κ1) is 20.2. The molecule has 118 valence electrons. The van der Waals surface area contributed by atoms with Gasteiger partial charge in [-0.05, 0) is 37.1 Å². The molecule has 0 spiro atoms. The van der Waals surface area contributed by atoms with Crippen molar-refractivity contribution in [3.8, 4) is 0 Å². The normalized spacial score (nSPS) is 10.7. The van der Waals surface area contributed by atoms with Crippen molar-refractivity contribution in [2.75, 3.05) is 19.6 Å². The van der Waals surface area contributed by atoms with Gasteiger partial charge in [-0.1, -0.05) is 22.9 Å². The maximum Gasteiger partial charge on any atom is 0.251 e. The number of nitrogens with one attached hydrogen (secondary N) is 2. The summed E-state index contributed by atoms with van der Waals surface area (Å²) in [7, 11) is 0.